The van der Waals surface area contributed by atoms with Crippen LogP contribution < -0.4 is 4.72 Å². The summed E-state index contributed by atoms with van der Waals surface area (Å²) in [7, 11) is -4.45. The van der Waals surface area contributed by atoms with E-state index in [1.54, 1.807) is 4.72 Å². The summed E-state index contributed by atoms with van der Waals surface area (Å²) in [5.41, 5.74) is 1.37. The highest BCUT2D eigenvalue weighted by Crippen LogP contribution is 2.43. The maximum Gasteiger partial charge on any atom is 0.407 e. The van der Waals surface area contributed by atoms with Gasteiger partial charge in [0.15, 0.2) is 0 Å². The summed E-state index contributed by atoms with van der Waals surface area (Å²) in [6, 6.07) is 9.72. The quantitative estimate of drug-likeness (QED) is 0.487. The van der Waals surface area contributed by atoms with Gasteiger partial charge in [-0.05, 0) is 68.5 Å². The van der Waals surface area contributed by atoms with Crippen molar-refractivity contribution in [2.45, 2.75) is 49.2 Å². The van der Waals surface area contributed by atoms with Gasteiger partial charge in [-0.25, -0.2) is 13.4 Å². The minimum Gasteiger partial charge on any atom is -0.293 e. The maximum atomic E-state index is 13.2. The second-order valence-corrected chi connectivity index (χ2v) is 11.0. The van der Waals surface area contributed by atoms with E-state index >= 15 is 0 Å². The van der Waals surface area contributed by atoms with Crippen molar-refractivity contribution in [2.24, 2.45) is 0 Å². The van der Waals surface area contributed by atoms with Crippen LogP contribution in [-0.4, -0.2) is 29.7 Å². The molecule has 6 nitrogen and oxygen atoms in total. The largest absolute Gasteiger partial charge is 0.407 e. The summed E-state index contributed by atoms with van der Waals surface area (Å²) >= 11 is 0. The predicted octanol–water partition coefficient (Wildman–Crippen LogP) is 5.48. The number of sulfonamides is 1. The standard InChI is InChI=1S/C25H21F3N4O2S/c1-24(2,25(26,27)28)31-35(33,34)19-10-8-16(9-11-19)22-21(13-29)20-12-17(15-6-7-15)14-30-23(20)32(22)18-4-3-5-18/h3-5,8-12,14-15,31H,6-7H2,1-2H3. The van der Waals surface area contributed by atoms with Crippen LogP contribution in [-0.2, 0) is 10.0 Å². The van der Waals surface area contributed by atoms with Gasteiger partial charge in [-0.1, -0.05) is 18.2 Å². The fourth-order valence-electron chi connectivity index (χ4n) is 4.04. The summed E-state index contributed by atoms with van der Waals surface area (Å²) in [6.07, 6.45) is 4.86. The Kier molecular flexibility index (Phi) is 5.20. The molecule has 1 N–H and O–H groups in total. The average molecular weight is 499 g/mol. The van der Waals surface area contributed by atoms with E-state index in [2.05, 4.69) is 11.1 Å². The number of halogens is 3. The van der Waals surface area contributed by atoms with Crippen molar-refractivity contribution in [2.75, 3.05) is 0 Å². The highest BCUT2D eigenvalue weighted by Gasteiger charge is 2.49. The van der Waals surface area contributed by atoms with Crippen LogP contribution in [0.1, 0.15) is 43.7 Å². The lowest BCUT2D eigenvalue weighted by molar-refractivity contribution is -0.180. The first-order valence-corrected chi connectivity index (χ1v) is 12.5. The molecule has 180 valence electrons. The number of rotatable bonds is 6. The van der Waals surface area contributed by atoms with Crippen molar-refractivity contribution in [3.05, 3.63) is 65.9 Å². The van der Waals surface area contributed by atoms with E-state index in [9.17, 15) is 26.9 Å². The summed E-state index contributed by atoms with van der Waals surface area (Å²) in [4.78, 5) is 4.34. The molecule has 2 aromatic heterocycles. The Morgan fingerprint density at radius 1 is 1.17 bits per heavy atom. The number of hydrogen-bond donors (Lipinski definition) is 1. The molecule has 0 bridgehead atoms. The van der Waals surface area contributed by atoms with E-state index in [1.165, 1.54) is 24.3 Å². The zero-order chi connectivity index (χ0) is 25.2. The third-order valence-electron chi connectivity index (χ3n) is 6.32. The van der Waals surface area contributed by atoms with Crippen LogP contribution in [0.2, 0.25) is 0 Å². The normalized spacial score (nSPS) is 16.2. The van der Waals surface area contributed by atoms with Gasteiger partial charge >= 0.3 is 6.18 Å². The molecule has 0 radical (unpaired) electrons. The molecule has 0 amide bonds. The first-order valence-electron chi connectivity index (χ1n) is 11.0. The lowest BCUT2D eigenvalue weighted by atomic mass is 10.0. The van der Waals surface area contributed by atoms with Crippen LogP contribution in [0, 0.1) is 11.3 Å². The van der Waals surface area contributed by atoms with Gasteiger partial charge in [0.1, 0.15) is 17.3 Å². The molecule has 1 fully saturated rings. The Bertz CT molecular complexity index is 1550. The number of fused-ring (bicyclic) bond motifs is 1. The monoisotopic (exact) mass is 498 g/mol. The predicted molar refractivity (Wildman–Crippen MR) is 126 cm³/mol. The third-order valence-corrected chi connectivity index (χ3v) is 7.99. The topological polar surface area (TPSA) is 87.8 Å². The first kappa shape index (κ1) is 23.3. The Morgan fingerprint density at radius 3 is 2.34 bits per heavy atom. The van der Waals surface area contributed by atoms with Crippen molar-refractivity contribution in [3.63, 3.8) is 0 Å². The summed E-state index contributed by atoms with van der Waals surface area (Å²) in [5.74, 6) is 0.450. The van der Waals surface area contributed by atoms with Crippen LogP contribution in [0.4, 0.5) is 13.2 Å². The number of pyridine rings is 1. The number of benzene rings is 1. The molecule has 2 heterocycles. The van der Waals surface area contributed by atoms with Gasteiger partial charge in [0.2, 0.25) is 10.0 Å². The molecule has 1 saturated carbocycles. The summed E-state index contributed by atoms with van der Waals surface area (Å²) in [5, 5.41) is 10.8. The Hall–Kier alpha value is -3.42. The molecular formula is C25H21F3N4O2S. The SMILES string of the molecule is CC(C)(NS(=O)(=O)c1ccc(-c2c(C#N)c3cc(C4CC4)cnc3n2C2=CC=C2)cc1)C(F)(F)F. The number of nitrogens with one attached hydrogen (secondary N) is 1. The fourth-order valence-corrected chi connectivity index (χ4v) is 5.43. The number of alkyl halides is 3. The van der Waals surface area contributed by atoms with Crippen molar-refractivity contribution >= 4 is 26.8 Å². The molecule has 3 aromatic rings. The summed E-state index contributed by atoms with van der Waals surface area (Å²) < 4.78 is 68.5. The van der Waals surface area contributed by atoms with Crippen molar-refractivity contribution in [1.82, 2.24) is 14.3 Å². The Morgan fingerprint density at radius 2 is 1.83 bits per heavy atom. The number of hydrogen-bond acceptors (Lipinski definition) is 4. The van der Waals surface area contributed by atoms with E-state index in [-0.39, 0.29) is 4.90 Å². The van der Waals surface area contributed by atoms with Gasteiger partial charge in [-0.2, -0.15) is 23.2 Å². The van der Waals surface area contributed by atoms with Gasteiger partial charge in [-0.15, -0.1) is 0 Å². The Balaban J connectivity index is 1.60. The average Bonchev–Trinajstić information content (AvgIpc) is 3.54. The highest BCUT2D eigenvalue weighted by molar-refractivity contribution is 7.89. The van der Waals surface area contributed by atoms with Gasteiger partial charge in [0.05, 0.1) is 16.2 Å². The van der Waals surface area contributed by atoms with E-state index in [0.29, 0.717) is 33.8 Å². The van der Waals surface area contributed by atoms with E-state index < -0.39 is 21.7 Å². The third kappa shape index (κ3) is 3.94. The fraction of sp³-hybridized carbons (Fsp3) is 0.280. The van der Waals surface area contributed by atoms with Crippen LogP contribution >= 0.6 is 0 Å². The lowest BCUT2D eigenvalue weighted by Crippen LogP contribution is -2.54. The van der Waals surface area contributed by atoms with Crippen LogP contribution in [0.3, 0.4) is 0 Å². The molecule has 2 aliphatic carbocycles. The Labute approximate surface area is 200 Å². The molecule has 1 aromatic carbocycles. The van der Waals surface area contributed by atoms with E-state index in [1.807, 2.05) is 35.1 Å². The molecule has 35 heavy (non-hydrogen) atoms. The van der Waals surface area contributed by atoms with Gasteiger partial charge in [0, 0.05) is 22.8 Å². The smallest absolute Gasteiger partial charge is 0.293 e. The number of nitriles is 1. The second kappa shape index (κ2) is 7.80. The van der Waals surface area contributed by atoms with Crippen LogP contribution in [0.5, 0.6) is 0 Å². The number of aromatic nitrogens is 2. The van der Waals surface area contributed by atoms with Crippen LogP contribution in [0.15, 0.2) is 59.7 Å². The molecular weight excluding hydrogens is 477 g/mol. The molecule has 0 aliphatic heterocycles. The summed E-state index contributed by atoms with van der Waals surface area (Å²) in [6.45, 7) is 1.53. The minimum absolute atomic E-state index is 0.309. The zero-order valence-corrected chi connectivity index (χ0v) is 19.7. The molecule has 0 unspecified atom stereocenters. The maximum absolute atomic E-state index is 13.2. The molecule has 0 atom stereocenters. The molecule has 2 aliphatic rings. The van der Waals surface area contributed by atoms with Gasteiger partial charge < -0.3 is 0 Å². The van der Waals surface area contributed by atoms with E-state index in [4.69, 9.17) is 0 Å². The minimum atomic E-state index is -4.76. The second-order valence-electron chi connectivity index (χ2n) is 9.29. The van der Waals surface area contributed by atoms with Gasteiger partial charge in [-0.3, -0.25) is 4.57 Å². The molecule has 5 rings (SSSR count). The lowest BCUT2D eigenvalue weighted by Gasteiger charge is -2.28. The molecule has 10 heteroatoms. The van der Waals surface area contributed by atoms with Crippen molar-refractivity contribution < 1.29 is 21.6 Å². The first-order chi connectivity index (χ1) is 16.4. The van der Waals surface area contributed by atoms with Crippen molar-refractivity contribution in [1.29, 1.82) is 5.26 Å². The van der Waals surface area contributed by atoms with Crippen LogP contribution in [0.25, 0.3) is 28.0 Å². The van der Waals surface area contributed by atoms with Crippen molar-refractivity contribution in [3.8, 4) is 17.3 Å². The molecule has 0 saturated heterocycles. The molecule has 0 spiro atoms. The van der Waals surface area contributed by atoms with Gasteiger partial charge in [0.25, 0.3) is 0 Å². The highest BCUT2D eigenvalue weighted by atomic mass is 32.2. The number of allylic oxidation sites excluding steroid dienone is 4. The number of nitrogens with zero attached hydrogens (tertiary/aromatic N) is 3. The van der Waals surface area contributed by atoms with E-state index in [0.717, 1.165) is 37.9 Å². The zero-order valence-electron chi connectivity index (χ0n) is 18.9.